The Bertz CT molecular complexity index is 1120. The maximum Gasteiger partial charge on any atom is 0.319 e. The molecule has 2 atom stereocenters. The SMILES string of the molecule is C[C@@H]1C[C@H](Sc2nnc(-c3cc4ccccc4[nH]3)n2-c2ccccc2)C(=O)O1. The number of aromatic amines is 1. The molecule has 1 aliphatic rings. The molecule has 4 aromatic rings. The fourth-order valence-corrected chi connectivity index (χ4v) is 4.63. The molecule has 6 nitrogen and oxygen atoms in total. The van der Waals surface area contributed by atoms with Crippen LogP contribution in [0.25, 0.3) is 28.1 Å². The highest BCUT2D eigenvalue weighted by atomic mass is 32.2. The Balaban J connectivity index is 1.61. The summed E-state index contributed by atoms with van der Waals surface area (Å²) in [5, 5.41) is 10.4. The fourth-order valence-electron chi connectivity index (χ4n) is 3.47. The largest absolute Gasteiger partial charge is 0.462 e. The molecular weight excluding hydrogens is 372 g/mol. The highest BCUT2D eigenvalue weighted by Gasteiger charge is 2.34. The lowest BCUT2D eigenvalue weighted by Crippen LogP contribution is -2.11. The van der Waals surface area contributed by atoms with Crippen molar-refractivity contribution in [2.24, 2.45) is 0 Å². The number of carbonyl (C=O) groups excluding carboxylic acids is 1. The van der Waals surface area contributed by atoms with E-state index >= 15 is 0 Å². The van der Waals surface area contributed by atoms with Crippen molar-refractivity contribution in [3.05, 3.63) is 60.7 Å². The van der Waals surface area contributed by atoms with Gasteiger partial charge in [-0.05, 0) is 31.2 Å². The highest BCUT2D eigenvalue weighted by molar-refractivity contribution is 8.00. The number of nitrogens with one attached hydrogen (secondary N) is 1. The lowest BCUT2D eigenvalue weighted by atomic mass is 10.2. The predicted molar refractivity (Wildman–Crippen MR) is 108 cm³/mol. The molecule has 0 saturated carbocycles. The molecule has 5 rings (SSSR count). The van der Waals surface area contributed by atoms with E-state index in [1.54, 1.807) is 0 Å². The van der Waals surface area contributed by atoms with Gasteiger partial charge in [0.15, 0.2) is 11.0 Å². The van der Waals surface area contributed by atoms with E-state index in [0.717, 1.165) is 22.3 Å². The number of carbonyl (C=O) groups is 1. The van der Waals surface area contributed by atoms with Gasteiger partial charge in [-0.2, -0.15) is 0 Å². The van der Waals surface area contributed by atoms with Crippen molar-refractivity contribution < 1.29 is 9.53 Å². The normalized spacial score (nSPS) is 19.2. The molecular formula is C21H18N4O2S. The van der Waals surface area contributed by atoms with E-state index in [1.807, 2.05) is 60.0 Å². The first kappa shape index (κ1) is 17.1. The minimum absolute atomic E-state index is 0.0636. The van der Waals surface area contributed by atoms with Gasteiger partial charge in [0, 0.05) is 23.0 Å². The number of aromatic nitrogens is 4. The summed E-state index contributed by atoms with van der Waals surface area (Å²) in [6, 6.07) is 20.1. The number of benzene rings is 2. The molecule has 2 aromatic carbocycles. The molecule has 3 heterocycles. The number of rotatable bonds is 4. The third-order valence-electron chi connectivity index (χ3n) is 4.79. The van der Waals surface area contributed by atoms with Gasteiger partial charge in [0.2, 0.25) is 0 Å². The Hall–Kier alpha value is -3.06. The van der Waals surface area contributed by atoms with E-state index in [4.69, 9.17) is 4.74 Å². The summed E-state index contributed by atoms with van der Waals surface area (Å²) in [5.41, 5.74) is 2.87. The van der Waals surface area contributed by atoms with Crippen molar-refractivity contribution in [2.75, 3.05) is 0 Å². The fraction of sp³-hybridized carbons (Fsp3) is 0.190. The molecule has 0 unspecified atom stereocenters. The van der Waals surface area contributed by atoms with Crippen molar-refractivity contribution in [2.45, 2.75) is 29.9 Å². The monoisotopic (exact) mass is 390 g/mol. The number of H-pyrrole nitrogens is 1. The van der Waals surface area contributed by atoms with Gasteiger partial charge in [0.25, 0.3) is 0 Å². The quantitative estimate of drug-likeness (QED) is 0.529. The second-order valence-corrected chi connectivity index (χ2v) is 8.01. The van der Waals surface area contributed by atoms with Crippen LogP contribution in [0.3, 0.4) is 0 Å². The van der Waals surface area contributed by atoms with Gasteiger partial charge in [-0.1, -0.05) is 48.2 Å². The van der Waals surface area contributed by atoms with Crippen molar-refractivity contribution >= 4 is 28.6 Å². The minimum Gasteiger partial charge on any atom is -0.462 e. The van der Waals surface area contributed by atoms with Gasteiger partial charge in [0.1, 0.15) is 11.4 Å². The van der Waals surface area contributed by atoms with E-state index in [2.05, 4.69) is 27.3 Å². The van der Waals surface area contributed by atoms with Crippen LogP contribution < -0.4 is 0 Å². The lowest BCUT2D eigenvalue weighted by Gasteiger charge is -2.10. The third-order valence-corrected chi connectivity index (χ3v) is 5.94. The van der Waals surface area contributed by atoms with E-state index in [0.29, 0.717) is 17.4 Å². The standard InChI is InChI=1S/C21H18N4O2S/c1-13-11-18(20(26)27-13)28-21-24-23-19(25(21)15-8-3-2-4-9-15)17-12-14-7-5-6-10-16(14)22-17/h2-10,12-13,18,22H,11H2,1H3/t13-,18+/m1/s1. The van der Waals surface area contributed by atoms with Gasteiger partial charge in [-0.25, -0.2) is 0 Å². The minimum atomic E-state index is -0.266. The topological polar surface area (TPSA) is 72.8 Å². The molecule has 7 heteroatoms. The number of nitrogens with zero attached hydrogens (tertiary/aromatic N) is 3. The Labute approximate surface area is 165 Å². The maximum absolute atomic E-state index is 12.1. The smallest absolute Gasteiger partial charge is 0.319 e. The zero-order chi connectivity index (χ0) is 19.1. The maximum atomic E-state index is 12.1. The summed E-state index contributed by atoms with van der Waals surface area (Å²) in [5.74, 6) is 0.525. The number of cyclic esters (lactones) is 1. The zero-order valence-electron chi connectivity index (χ0n) is 15.2. The van der Waals surface area contributed by atoms with Gasteiger partial charge in [0.05, 0.1) is 5.69 Å². The average molecular weight is 390 g/mol. The number of fused-ring (bicyclic) bond motifs is 1. The van der Waals surface area contributed by atoms with Crippen LogP contribution >= 0.6 is 11.8 Å². The van der Waals surface area contributed by atoms with Crippen molar-refractivity contribution in [1.82, 2.24) is 19.7 Å². The molecule has 0 amide bonds. The number of hydrogen-bond acceptors (Lipinski definition) is 5. The lowest BCUT2D eigenvalue weighted by molar-refractivity contribution is -0.140. The first-order chi connectivity index (χ1) is 13.7. The summed E-state index contributed by atoms with van der Waals surface area (Å²) in [6.45, 7) is 1.91. The molecule has 0 spiro atoms. The van der Waals surface area contributed by atoms with Crippen LogP contribution in [-0.2, 0) is 9.53 Å². The molecule has 0 aliphatic carbocycles. The highest BCUT2D eigenvalue weighted by Crippen LogP contribution is 2.35. The zero-order valence-corrected chi connectivity index (χ0v) is 16.0. The van der Waals surface area contributed by atoms with Crippen LogP contribution in [0.1, 0.15) is 13.3 Å². The molecule has 1 fully saturated rings. The molecule has 28 heavy (non-hydrogen) atoms. The van der Waals surface area contributed by atoms with Crippen LogP contribution in [0.2, 0.25) is 0 Å². The van der Waals surface area contributed by atoms with Crippen LogP contribution in [-0.4, -0.2) is 37.1 Å². The van der Waals surface area contributed by atoms with Crippen LogP contribution in [0.4, 0.5) is 0 Å². The van der Waals surface area contributed by atoms with Gasteiger partial charge in [-0.3, -0.25) is 9.36 Å². The van der Waals surface area contributed by atoms with Crippen molar-refractivity contribution in [3.8, 4) is 17.2 Å². The number of hydrogen-bond donors (Lipinski definition) is 1. The Morgan fingerprint density at radius 2 is 1.89 bits per heavy atom. The number of thioether (sulfide) groups is 1. The van der Waals surface area contributed by atoms with E-state index < -0.39 is 0 Å². The molecule has 0 radical (unpaired) electrons. The predicted octanol–water partition coefficient (Wildman–Crippen LogP) is 4.21. The third kappa shape index (κ3) is 2.97. The first-order valence-corrected chi connectivity index (χ1v) is 10.0. The second kappa shape index (κ2) is 6.83. The summed E-state index contributed by atoms with van der Waals surface area (Å²) in [4.78, 5) is 15.5. The molecule has 0 bridgehead atoms. The van der Waals surface area contributed by atoms with E-state index in [-0.39, 0.29) is 17.3 Å². The van der Waals surface area contributed by atoms with E-state index in [1.165, 1.54) is 11.8 Å². The Morgan fingerprint density at radius 3 is 2.64 bits per heavy atom. The Morgan fingerprint density at radius 1 is 1.11 bits per heavy atom. The summed E-state index contributed by atoms with van der Waals surface area (Å²) >= 11 is 1.41. The average Bonchev–Trinajstić information content (AvgIpc) is 3.39. The van der Waals surface area contributed by atoms with E-state index in [9.17, 15) is 4.79 Å². The summed E-state index contributed by atoms with van der Waals surface area (Å²) in [6.07, 6.45) is 0.610. The number of para-hydroxylation sites is 2. The Kier molecular flexibility index (Phi) is 4.16. The van der Waals surface area contributed by atoms with Gasteiger partial charge >= 0.3 is 5.97 Å². The summed E-state index contributed by atoms with van der Waals surface area (Å²) in [7, 11) is 0. The molecule has 1 saturated heterocycles. The number of ether oxygens (including phenoxy) is 1. The number of esters is 1. The van der Waals surface area contributed by atoms with Crippen molar-refractivity contribution in [1.29, 1.82) is 0 Å². The molecule has 2 aromatic heterocycles. The second-order valence-electron chi connectivity index (χ2n) is 6.84. The van der Waals surface area contributed by atoms with Gasteiger partial charge < -0.3 is 9.72 Å². The van der Waals surface area contributed by atoms with Crippen LogP contribution in [0, 0.1) is 0 Å². The molecule has 140 valence electrons. The first-order valence-electron chi connectivity index (χ1n) is 9.15. The van der Waals surface area contributed by atoms with Crippen LogP contribution in [0.15, 0.2) is 65.8 Å². The van der Waals surface area contributed by atoms with Crippen LogP contribution in [0.5, 0.6) is 0 Å². The van der Waals surface area contributed by atoms with Crippen molar-refractivity contribution in [3.63, 3.8) is 0 Å². The van der Waals surface area contributed by atoms with Gasteiger partial charge in [-0.15, -0.1) is 10.2 Å². The molecule has 1 aliphatic heterocycles. The summed E-state index contributed by atoms with van der Waals surface area (Å²) < 4.78 is 7.29. The molecule has 1 N–H and O–H groups in total.